The Morgan fingerprint density at radius 3 is 2.45 bits per heavy atom. The van der Waals surface area contributed by atoms with Crippen molar-refractivity contribution in [2.24, 2.45) is 0 Å². The standard InChI is InChI=1S/C7H16O3S/c1-4-7(11(3)8)10-6-5-9-2/h7H,4-6H2,1-3H3. The van der Waals surface area contributed by atoms with Gasteiger partial charge < -0.3 is 9.47 Å². The summed E-state index contributed by atoms with van der Waals surface area (Å²) in [6.45, 7) is 3.04. The molecule has 0 aliphatic rings. The number of ether oxygens (including phenoxy) is 2. The van der Waals surface area contributed by atoms with Crippen molar-refractivity contribution in [3.05, 3.63) is 0 Å². The SMILES string of the molecule is CCC(OCCOC)S(C)=O. The zero-order valence-corrected chi connectivity index (χ0v) is 8.15. The van der Waals surface area contributed by atoms with Crippen LogP contribution in [0, 0.1) is 0 Å². The highest BCUT2D eigenvalue weighted by Gasteiger charge is 2.09. The summed E-state index contributed by atoms with van der Waals surface area (Å²) >= 11 is 0. The van der Waals surface area contributed by atoms with Crippen molar-refractivity contribution < 1.29 is 13.7 Å². The van der Waals surface area contributed by atoms with E-state index in [0.29, 0.717) is 13.2 Å². The van der Waals surface area contributed by atoms with Crippen molar-refractivity contribution in [2.45, 2.75) is 18.8 Å². The minimum absolute atomic E-state index is 0.134. The van der Waals surface area contributed by atoms with Gasteiger partial charge in [-0.25, -0.2) is 0 Å². The Bertz CT molecular complexity index is 116. The molecular formula is C7H16O3S. The molecule has 0 radical (unpaired) electrons. The second-order valence-corrected chi connectivity index (χ2v) is 3.72. The third-order valence-electron chi connectivity index (χ3n) is 1.29. The summed E-state index contributed by atoms with van der Waals surface area (Å²) in [6, 6.07) is 0. The molecule has 4 heteroatoms. The van der Waals surface area contributed by atoms with Gasteiger partial charge in [0.2, 0.25) is 0 Å². The van der Waals surface area contributed by atoms with Gasteiger partial charge in [0.25, 0.3) is 0 Å². The molecular weight excluding hydrogens is 164 g/mol. The molecule has 0 saturated carbocycles. The van der Waals surface area contributed by atoms with E-state index in [1.807, 2.05) is 6.92 Å². The molecule has 0 bridgehead atoms. The zero-order chi connectivity index (χ0) is 8.69. The van der Waals surface area contributed by atoms with Crippen molar-refractivity contribution in [3.63, 3.8) is 0 Å². The number of rotatable bonds is 6. The summed E-state index contributed by atoms with van der Waals surface area (Å²) in [4.78, 5) is 0. The van der Waals surface area contributed by atoms with Crippen LogP contribution >= 0.6 is 0 Å². The molecule has 11 heavy (non-hydrogen) atoms. The van der Waals surface area contributed by atoms with Gasteiger partial charge in [-0.3, -0.25) is 4.21 Å². The lowest BCUT2D eigenvalue weighted by Crippen LogP contribution is -2.19. The molecule has 0 aliphatic heterocycles. The van der Waals surface area contributed by atoms with E-state index in [0.717, 1.165) is 6.42 Å². The zero-order valence-electron chi connectivity index (χ0n) is 7.33. The van der Waals surface area contributed by atoms with Crippen LogP contribution in [0.15, 0.2) is 0 Å². The molecule has 0 N–H and O–H groups in total. The van der Waals surface area contributed by atoms with E-state index in [1.165, 1.54) is 0 Å². The molecule has 3 nitrogen and oxygen atoms in total. The fourth-order valence-corrected chi connectivity index (χ4v) is 1.47. The van der Waals surface area contributed by atoms with E-state index in [2.05, 4.69) is 0 Å². The highest BCUT2D eigenvalue weighted by molar-refractivity contribution is 7.84. The van der Waals surface area contributed by atoms with Crippen LogP contribution in [0.3, 0.4) is 0 Å². The molecule has 0 rings (SSSR count). The van der Waals surface area contributed by atoms with E-state index in [1.54, 1.807) is 13.4 Å². The Morgan fingerprint density at radius 1 is 1.45 bits per heavy atom. The van der Waals surface area contributed by atoms with Gasteiger partial charge in [0.1, 0.15) is 5.44 Å². The average Bonchev–Trinajstić information content (AvgIpc) is 1.97. The Balaban J connectivity index is 3.44. The topological polar surface area (TPSA) is 35.5 Å². The lowest BCUT2D eigenvalue weighted by molar-refractivity contribution is 0.0541. The second kappa shape index (κ2) is 6.76. The summed E-state index contributed by atoms with van der Waals surface area (Å²) < 4.78 is 21.0. The lowest BCUT2D eigenvalue weighted by atomic mass is 10.5. The fourth-order valence-electron chi connectivity index (χ4n) is 0.711. The molecule has 0 aromatic carbocycles. The van der Waals surface area contributed by atoms with Gasteiger partial charge in [-0.2, -0.15) is 0 Å². The van der Waals surface area contributed by atoms with E-state index in [-0.39, 0.29) is 5.44 Å². The summed E-state index contributed by atoms with van der Waals surface area (Å²) in [6.07, 6.45) is 2.44. The smallest absolute Gasteiger partial charge is 0.132 e. The van der Waals surface area contributed by atoms with Crippen LogP contribution < -0.4 is 0 Å². The molecule has 0 aliphatic carbocycles. The van der Waals surface area contributed by atoms with Crippen molar-refractivity contribution in [3.8, 4) is 0 Å². The minimum Gasteiger partial charge on any atom is -0.382 e. The Labute approximate surface area is 70.5 Å². The average molecular weight is 180 g/mol. The van der Waals surface area contributed by atoms with Gasteiger partial charge in [0, 0.05) is 24.2 Å². The van der Waals surface area contributed by atoms with E-state index < -0.39 is 10.8 Å². The van der Waals surface area contributed by atoms with Crippen LogP contribution in [-0.4, -0.2) is 36.2 Å². The van der Waals surface area contributed by atoms with Gasteiger partial charge in [-0.1, -0.05) is 6.92 Å². The first kappa shape index (κ1) is 11.1. The largest absolute Gasteiger partial charge is 0.382 e. The predicted octanol–water partition coefficient (Wildman–Crippen LogP) is 0.764. The third-order valence-corrected chi connectivity index (χ3v) is 2.50. The van der Waals surface area contributed by atoms with Crippen LogP contribution in [0.2, 0.25) is 0 Å². The predicted molar refractivity (Wildman–Crippen MR) is 46.0 cm³/mol. The van der Waals surface area contributed by atoms with Crippen molar-refractivity contribution in [2.75, 3.05) is 26.6 Å². The normalized spacial score (nSPS) is 16.3. The summed E-state index contributed by atoms with van der Waals surface area (Å²) in [5.74, 6) is 0. The number of hydrogen-bond donors (Lipinski definition) is 0. The Morgan fingerprint density at radius 2 is 2.09 bits per heavy atom. The Kier molecular flexibility index (Phi) is 6.80. The minimum atomic E-state index is -0.885. The summed E-state index contributed by atoms with van der Waals surface area (Å²) in [5.41, 5.74) is -0.134. The molecule has 0 heterocycles. The maximum atomic E-state index is 10.9. The molecule has 2 unspecified atom stereocenters. The first-order chi connectivity index (χ1) is 5.22. The van der Waals surface area contributed by atoms with Crippen molar-refractivity contribution in [1.29, 1.82) is 0 Å². The van der Waals surface area contributed by atoms with Crippen LogP contribution in [0.4, 0.5) is 0 Å². The first-order valence-corrected chi connectivity index (χ1v) is 5.27. The van der Waals surface area contributed by atoms with E-state index in [9.17, 15) is 4.21 Å². The molecule has 0 saturated heterocycles. The Hall–Kier alpha value is 0.0700. The van der Waals surface area contributed by atoms with Gasteiger partial charge in [0.15, 0.2) is 0 Å². The highest BCUT2D eigenvalue weighted by atomic mass is 32.2. The second-order valence-electron chi connectivity index (χ2n) is 2.20. The molecule has 2 atom stereocenters. The first-order valence-electron chi connectivity index (χ1n) is 3.65. The highest BCUT2D eigenvalue weighted by Crippen LogP contribution is 2.01. The van der Waals surface area contributed by atoms with E-state index in [4.69, 9.17) is 9.47 Å². The van der Waals surface area contributed by atoms with Crippen LogP contribution in [0.1, 0.15) is 13.3 Å². The van der Waals surface area contributed by atoms with Gasteiger partial charge in [-0.05, 0) is 6.42 Å². The molecule has 0 spiro atoms. The van der Waals surface area contributed by atoms with Gasteiger partial charge in [0.05, 0.1) is 13.2 Å². The maximum absolute atomic E-state index is 10.9. The molecule has 0 aromatic heterocycles. The van der Waals surface area contributed by atoms with Crippen molar-refractivity contribution in [1.82, 2.24) is 0 Å². The molecule has 68 valence electrons. The van der Waals surface area contributed by atoms with E-state index >= 15 is 0 Å². The van der Waals surface area contributed by atoms with Crippen molar-refractivity contribution >= 4 is 10.8 Å². The van der Waals surface area contributed by atoms with Gasteiger partial charge in [-0.15, -0.1) is 0 Å². The number of methoxy groups -OCH3 is 1. The molecule has 0 fully saturated rings. The molecule has 0 aromatic rings. The monoisotopic (exact) mass is 180 g/mol. The lowest BCUT2D eigenvalue weighted by Gasteiger charge is -2.12. The quantitative estimate of drug-likeness (QED) is 0.566. The third kappa shape index (κ3) is 5.35. The maximum Gasteiger partial charge on any atom is 0.132 e. The van der Waals surface area contributed by atoms with Crippen LogP contribution in [0.5, 0.6) is 0 Å². The summed E-state index contributed by atoms with van der Waals surface area (Å²) in [5, 5.41) is 0. The summed E-state index contributed by atoms with van der Waals surface area (Å²) in [7, 11) is 0.734. The molecule has 0 amide bonds. The number of hydrogen-bond acceptors (Lipinski definition) is 3. The van der Waals surface area contributed by atoms with Crippen LogP contribution in [-0.2, 0) is 20.3 Å². The van der Waals surface area contributed by atoms with Crippen LogP contribution in [0.25, 0.3) is 0 Å². The van der Waals surface area contributed by atoms with Gasteiger partial charge >= 0.3 is 0 Å². The fraction of sp³-hybridized carbons (Fsp3) is 1.00.